The van der Waals surface area contributed by atoms with Gasteiger partial charge in [0.05, 0.1) is 24.7 Å². The molecule has 2 bridgehead atoms. The van der Waals surface area contributed by atoms with Gasteiger partial charge in [0.1, 0.15) is 0 Å². The predicted molar refractivity (Wildman–Crippen MR) is 161 cm³/mol. The van der Waals surface area contributed by atoms with E-state index in [-0.39, 0.29) is 75.1 Å². The molecule has 0 saturated heterocycles. The minimum Gasteiger partial charge on any atom is -0.493 e. The van der Waals surface area contributed by atoms with Crippen LogP contribution in [0.15, 0.2) is 41.3 Å². The van der Waals surface area contributed by atoms with Crippen LogP contribution < -0.4 is 25.7 Å². The van der Waals surface area contributed by atoms with Crippen molar-refractivity contribution in [3.05, 3.63) is 58.0 Å². The number of pyridine rings is 1. The maximum atomic E-state index is 13.5. The van der Waals surface area contributed by atoms with E-state index in [0.29, 0.717) is 42.2 Å². The Morgan fingerprint density at radius 2 is 1.86 bits per heavy atom. The number of hydrogen-bond donors (Lipinski definition) is 2. The van der Waals surface area contributed by atoms with E-state index in [1.165, 1.54) is 30.0 Å². The number of amides is 3. The lowest BCUT2D eigenvalue weighted by atomic mass is 9.76. The van der Waals surface area contributed by atoms with Gasteiger partial charge in [-0.05, 0) is 55.9 Å². The Kier molecular flexibility index (Phi) is 11.0. The maximum Gasteiger partial charge on any atom is 0.314 e. The number of ether oxygens (including phenoxy) is 3. The number of nitrogens with one attached hydrogen (secondary N) is 2. The number of rotatable bonds is 6. The largest absolute Gasteiger partial charge is 0.493 e. The first-order chi connectivity index (χ1) is 21.1. The highest BCUT2D eigenvalue weighted by atomic mass is 16.5. The Balaban J connectivity index is 1.61. The highest BCUT2D eigenvalue weighted by molar-refractivity contribution is 5.94. The number of carbonyl (C=O) groups excluding carboxylic acids is 4. The number of benzene rings is 1. The molecule has 44 heavy (non-hydrogen) atoms. The molecule has 4 rings (SSSR count). The summed E-state index contributed by atoms with van der Waals surface area (Å²) in [5, 5.41) is 5.76. The zero-order valence-electron chi connectivity index (χ0n) is 25.7. The van der Waals surface area contributed by atoms with Crippen LogP contribution in [0.2, 0.25) is 0 Å². The highest BCUT2D eigenvalue weighted by Crippen LogP contribution is 2.43. The van der Waals surface area contributed by atoms with Crippen molar-refractivity contribution in [1.82, 2.24) is 20.1 Å². The monoisotopic (exact) mass is 610 g/mol. The lowest BCUT2D eigenvalue weighted by Crippen LogP contribution is -2.46. The van der Waals surface area contributed by atoms with Crippen molar-refractivity contribution in [3.63, 3.8) is 0 Å². The van der Waals surface area contributed by atoms with Gasteiger partial charge in [-0.15, -0.1) is 0 Å². The molecule has 238 valence electrons. The molecule has 2 heterocycles. The first kappa shape index (κ1) is 32.6. The smallest absolute Gasteiger partial charge is 0.314 e. The van der Waals surface area contributed by atoms with Gasteiger partial charge in [-0.25, -0.2) is 0 Å². The molecule has 1 saturated carbocycles. The van der Waals surface area contributed by atoms with Gasteiger partial charge in [-0.1, -0.05) is 18.9 Å². The van der Waals surface area contributed by atoms with Crippen LogP contribution in [0, 0.1) is 11.3 Å². The first-order valence-electron chi connectivity index (χ1n) is 15.1. The fourth-order valence-electron chi connectivity index (χ4n) is 5.46. The van der Waals surface area contributed by atoms with Crippen molar-refractivity contribution in [2.24, 2.45) is 18.4 Å². The van der Waals surface area contributed by atoms with Gasteiger partial charge in [-0.3, -0.25) is 24.0 Å². The van der Waals surface area contributed by atoms with Crippen molar-refractivity contribution in [3.8, 4) is 11.5 Å². The van der Waals surface area contributed by atoms with Gasteiger partial charge in [0.25, 0.3) is 11.8 Å². The Labute approximate surface area is 257 Å². The van der Waals surface area contributed by atoms with E-state index in [4.69, 9.17) is 14.2 Å². The normalized spacial score (nSPS) is 20.3. The molecule has 1 aromatic carbocycles. The van der Waals surface area contributed by atoms with Crippen molar-refractivity contribution in [1.29, 1.82) is 0 Å². The molecule has 1 aliphatic carbocycles. The second-order valence-electron chi connectivity index (χ2n) is 11.5. The molecule has 0 radical (unpaired) electrons. The molecule has 2 aromatic rings. The zero-order chi connectivity index (χ0) is 31.7. The number of methoxy groups -OCH3 is 1. The highest BCUT2D eigenvalue weighted by Gasteiger charge is 2.44. The number of aryl methyl sites for hydroxylation is 1. The topological polar surface area (TPSA) is 145 Å². The first-order valence-corrected chi connectivity index (χ1v) is 15.1. The van der Waals surface area contributed by atoms with Crippen LogP contribution in [0.25, 0.3) is 0 Å². The molecule has 3 amide bonds. The minimum atomic E-state index is -0.993. The quantitative estimate of drug-likeness (QED) is 0.472. The number of esters is 1. The summed E-state index contributed by atoms with van der Waals surface area (Å²) in [6, 6.07) is 8.12. The van der Waals surface area contributed by atoms with Crippen LogP contribution >= 0.6 is 0 Å². The lowest BCUT2D eigenvalue weighted by Gasteiger charge is -2.32. The molecule has 1 aliphatic heterocycles. The number of aromatic nitrogens is 1. The predicted octanol–water partition coefficient (Wildman–Crippen LogP) is 1.83. The summed E-state index contributed by atoms with van der Waals surface area (Å²) in [7, 11) is 3.06. The van der Waals surface area contributed by atoms with Crippen LogP contribution in [-0.4, -0.2) is 79.7 Å². The van der Waals surface area contributed by atoms with E-state index in [2.05, 4.69) is 10.6 Å². The molecule has 12 nitrogen and oxygen atoms in total. The fraction of sp³-hybridized carbons (Fsp3) is 0.531. The molecule has 2 aliphatic rings. The van der Waals surface area contributed by atoms with E-state index in [9.17, 15) is 24.0 Å². The van der Waals surface area contributed by atoms with Gasteiger partial charge in [0.15, 0.2) is 18.1 Å². The second-order valence-corrected chi connectivity index (χ2v) is 11.5. The third-order valence-electron chi connectivity index (χ3n) is 7.99. The number of fused-ring (bicyclic) bond motifs is 2. The Morgan fingerprint density at radius 1 is 1.07 bits per heavy atom. The molecular formula is C32H42N4O8. The van der Waals surface area contributed by atoms with Crippen molar-refractivity contribution < 1.29 is 33.4 Å². The molecule has 2 N–H and O–H groups in total. The van der Waals surface area contributed by atoms with Gasteiger partial charge in [0.2, 0.25) is 11.5 Å². The molecule has 1 aromatic heterocycles. The van der Waals surface area contributed by atoms with Crippen molar-refractivity contribution in [2.75, 3.05) is 46.5 Å². The van der Waals surface area contributed by atoms with Gasteiger partial charge < -0.3 is 34.3 Å². The second kappa shape index (κ2) is 14.9. The van der Waals surface area contributed by atoms with Crippen LogP contribution in [0.1, 0.15) is 54.9 Å². The maximum absolute atomic E-state index is 13.5. The minimum absolute atomic E-state index is 0.104. The Hall–Kier alpha value is -4.35. The summed E-state index contributed by atoms with van der Waals surface area (Å²) in [6.07, 6.45) is 4.85. The molecule has 0 spiro atoms. The summed E-state index contributed by atoms with van der Waals surface area (Å²) in [4.78, 5) is 66.0. The number of nitrogens with zero attached hydrogens (tertiary/aromatic N) is 2. The van der Waals surface area contributed by atoms with E-state index < -0.39 is 5.41 Å². The summed E-state index contributed by atoms with van der Waals surface area (Å²) in [6.45, 7) is 2.38. The van der Waals surface area contributed by atoms with Crippen LogP contribution in [0.3, 0.4) is 0 Å². The summed E-state index contributed by atoms with van der Waals surface area (Å²) >= 11 is 0. The van der Waals surface area contributed by atoms with Crippen LogP contribution in [-0.2, 0) is 32.6 Å². The van der Waals surface area contributed by atoms with Crippen LogP contribution in [0.5, 0.6) is 11.5 Å². The van der Waals surface area contributed by atoms with Crippen molar-refractivity contribution in [2.45, 2.75) is 45.4 Å². The van der Waals surface area contributed by atoms with Gasteiger partial charge in [-0.2, -0.15) is 0 Å². The average Bonchev–Trinajstić information content (AvgIpc) is 3.82. The molecule has 1 atom stereocenters. The summed E-state index contributed by atoms with van der Waals surface area (Å²) < 4.78 is 18.2. The molecule has 12 heteroatoms. The average molecular weight is 611 g/mol. The van der Waals surface area contributed by atoms with Gasteiger partial charge in [0, 0.05) is 51.9 Å². The Bertz CT molecular complexity index is 1420. The summed E-state index contributed by atoms with van der Waals surface area (Å²) in [5.41, 5.74) is -0.127. The number of carbonyl (C=O) groups is 4. The van der Waals surface area contributed by atoms with E-state index >= 15 is 0 Å². The Morgan fingerprint density at radius 3 is 2.57 bits per heavy atom. The number of hydrogen-bond acceptors (Lipinski definition) is 8. The molecule has 1 fully saturated rings. The van der Waals surface area contributed by atoms with Crippen LogP contribution in [0.4, 0.5) is 0 Å². The van der Waals surface area contributed by atoms with E-state index in [1.807, 2.05) is 6.07 Å². The SMILES string of the molecule is CCOC(=O)C1(CC2CC2)CNC(=O)CCCN(C(=O)c2ccc(=O)n(C)c2)CCNC(=O)COc2cc(ccc2OC)C1. The lowest BCUT2D eigenvalue weighted by molar-refractivity contribution is -0.156. The third-order valence-corrected chi connectivity index (χ3v) is 7.99. The van der Waals surface area contributed by atoms with E-state index in [1.54, 1.807) is 31.0 Å². The molecular weight excluding hydrogens is 568 g/mol. The molecule has 1 unspecified atom stereocenters. The summed E-state index contributed by atoms with van der Waals surface area (Å²) in [5.74, 6) is -0.173. The third kappa shape index (κ3) is 8.61. The standard InChI is InChI=1S/C32H42N4O8/c1-4-43-31(41)32(17-22-7-8-22)18-23-9-11-25(42-3)26(16-23)44-20-28(38)33-13-15-36(14-5-6-27(37)34-21-32)30(40)24-10-12-29(39)35(2)19-24/h9-12,16,19,22H,4-8,13-15,17-18,20-21H2,1-3H3,(H,33,38)(H,34,37). The van der Waals surface area contributed by atoms with Crippen molar-refractivity contribution >= 4 is 23.7 Å². The van der Waals surface area contributed by atoms with E-state index in [0.717, 1.165) is 18.4 Å². The fourth-order valence-corrected chi connectivity index (χ4v) is 5.46. The zero-order valence-corrected chi connectivity index (χ0v) is 25.7. The van der Waals surface area contributed by atoms with Gasteiger partial charge >= 0.3 is 5.97 Å².